The lowest BCUT2D eigenvalue weighted by Gasteiger charge is -2.09. The van der Waals surface area contributed by atoms with E-state index in [1.54, 1.807) is 0 Å². The summed E-state index contributed by atoms with van der Waals surface area (Å²) in [6, 6.07) is 7.14. The van der Waals surface area contributed by atoms with Gasteiger partial charge in [-0.05, 0) is 37.1 Å². The van der Waals surface area contributed by atoms with Crippen LogP contribution in [0.4, 0.5) is 8.78 Å². The second-order valence-corrected chi connectivity index (χ2v) is 5.76. The van der Waals surface area contributed by atoms with E-state index in [9.17, 15) is 8.78 Å². The summed E-state index contributed by atoms with van der Waals surface area (Å²) >= 11 is 1.29. The Labute approximate surface area is 127 Å². The minimum Gasteiger partial charge on any atom is -0.330 e. The lowest BCUT2D eigenvalue weighted by atomic mass is 10.0. The van der Waals surface area contributed by atoms with Crippen LogP contribution in [0, 0.1) is 13.8 Å². The largest absolute Gasteiger partial charge is 0.330 e. The van der Waals surface area contributed by atoms with Crippen molar-refractivity contribution in [2.75, 3.05) is 12.3 Å². The Hall–Kier alpha value is -1.53. The number of halogens is 2. The molecule has 0 fully saturated rings. The van der Waals surface area contributed by atoms with E-state index in [-0.39, 0.29) is 5.69 Å². The van der Waals surface area contributed by atoms with Crippen LogP contribution in [-0.4, -0.2) is 22.3 Å². The van der Waals surface area contributed by atoms with Gasteiger partial charge in [-0.15, -0.1) is 0 Å². The molecule has 2 rings (SSSR count). The Morgan fingerprint density at radius 1 is 1.14 bits per heavy atom. The molecule has 1 heterocycles. The number of hydrogen-bond donors (Lipinski definition) is 1. The summed E-state index contributed by atoms with van der Waals surface area (Å²) in [5, 5.41) is 0.339. The van der Waals surface area contributed by atoms with Crippen molar-refractivity contribution in [1.82, 2.24) is 9.97 Å². The van der Waals surface area contributed by atoms with E-state index < -0.39 is 6.43 Å². The maximum Gasteiger partial charge on any atom is 0.280 e. The van der Waals surface area contributed by atoms with Crippen molar-refractivity contribution < 1.29 is 8.78 Å². The van der Waals surface area contributed by atoms with Gasteiger partial charge in [-0.3, -0.25) is 0 Å². The van der Waals surface area contributed by atoms with Crippen LogP contribution in [0.1, 0.15) is 23.2 Å². The fourth-order valence-corrected chi connectivity index (χ4v) is 2.45. The summed E-state index contributed by atoms with van der Waals surface area (Å²) in [5.41, 5.74) is 8.77. The maximum absolute atomic E-state index is 13.0. The van der Waals surface area contributed by atoms with Crippen LogP contribution in [0.25, 0.3) is 11.3 Å². The molecule has 0 saturated carbocycles. The number of benzene rings is 1. The molecule has 0 amide bonds. The smallest absolute Gasteiger partial charge is 0.280 e. The van der Waals surface area contributed by atoms with Gasteiger partial charge in [0.1, 0.15) is 5.69 Å². The lowest BCUT2D eigenvalue weighted by Crippen LogP contribution is -2.03. The van der Waals surface area contributed by atoms with Crippen LogP contribution in [-0.2, 0) is 0 Å². The Bertz CT molecular complexity index is 632. The number of thioether (sulfide) groups is 1. The Morgan fingerprint density at radius 2 is 1.90 bits per heavy atom. The predicted molar refractivity (Wildman–Crippen MR) is 81.7 cm³/mol. The van der Waals surface area contributed by atoms with Crippen molar-refractivity contribution in [3.05, 3.63) is 41.1 Å². The molecule has 6 heteroatoms. The van der Waals surface area contributed by atoms with E-state index in [0.29, 0.717) is 23.1 Å². The molecule has 0 bridgehead atoms. The molecule has 0 radical (unpaired) electrons. The molecule has 0 aliphatic rings. The van der Waals surface area contributed by atoms with Crippen LogP contribution in [0.3, 0.4) is 0 Å². The van der Waals surface area contributed by atoms with Crippen LogP contribution in [0.2, 0.25) is 0 Å². The molecule has 0 saturated heterocycles. The molecule has 0 spiro atoms. The summed E-state index contributed by atoms with van der Waals surface area (Å²) in [6.45, 7) is 4.44. The third-order valence-electron chi connectivity index (χ3n) is 3.10. The molecule has 112 valence electrons. The van der Waals surface area contributed by atoms with Gasteiger partial charge in [-0.25, -0.2) is 18.7 Å². The first-order valence-corrected chi connectivity index (χ1v) is 7.57. The highest BCUT2D eigenvalue weighted by molar-refractivity contribution is 7.99. The van der Waals surface area contributed by atoms with Crippen molar-refractivity contribution >= 4 is 11.8 Å². The molecular formula is C15H17F2N3S. The Balaban J connectivity index is 2.45. The molecule has 2 N–H and O–H groups in total. The molecule has 0 unspecified atom stereocenters. The fraction of sp³-hybridized carbons (Fsp3) is 0.333. The number of rotatable bonds is 5. The van der Waals surface area contributed by atoms with Gasteiger partial charge in [0.25, 0.3) is 6.43 Å². The summed E-state index contributed by atoms with van der Waals surface area (Å²) < 4.78 is 26.0. The van der Waals surface area contributed by atoms with Crippen molar-refractivity contribution in [1.29, 1.82) is 0 Å². The summed E-state index contributed by atoms with van der Waals surface area (Å²) in [7, 11) is 0. The van der Waals surface area contributed by atoms with Gasteiger partial charge in [0, 0.05) is 17.9 Å². The molecular weight excluding hydrogens is 292 g/mol. The third kappa shape index (κ3) is 3.98. The van der Waals surface area contributed by atoms with E-state index >= 15 is 0 Å². The van der Waals surface area contributed by atoms with Gasteiger partial charge in [0.2, 0.25) is 0 Å². The second-order valence-electron chi connectivity index (χ2n) is 4.70. The van der Waals surface area contributed by atoms with E-state index in [0.717, 1.165) is 16.7 Å². The lowest BCUT2D eigenvalue weighted by molar-refractivity contribution is 0.145. The average Bonchev–Trinajstić information content (AvgIpc) is 2.47. The second kappa shape index (κ2) is 6.95. The van der Waals surface area contributed by atoms with Gasteiger partial charge in [-0.2, -0.15) is 0 Å². The standard InChI is InChI=1S/C15H17F2N3S/c1-9-3-4-11(7-10(9)2)12-8-13(14(16)17)20-15(19-12)21-6-5-18/h3-4,7-8,14H,5-6,18H2,1-2H3. The Kier molecular flexibility index (Phi) is 5.25. The third-order valence-corrected chi connectivity index (χ3v) is 3.98. The summed E-state index contributed by atoms with van der Waals surface area (Å²) in [5.74, 6) is 0.596. The van der Waals surface area contributed by atoms with E-state index in [4.69, 9.17) is 5.73 Å². The number of nitrogens with zero attached hydrogens (tertiary/aromatic N) is 2. The molecule has 2 aromatic rings. The monoisotopic (exact) mass is 309 g/mol. The SMILES string of the molecule is Cc1ccc(-c2cc(C(F)F)nc(SCCN)n2)cc1C. The highest BCUT2D eigenvalue weighted by Crippen LogP contribution is 2.27. The number of aromatic nitrogens is 2. The molecule has 1 aromatic carbocycles. The number of alkyl halides is 2. The first-order chi connectivity index (χ1) is 10.0. The normalized spacial score (nSPS) is 11.1. The van der Waals surface area contributed by atoms with Crippen LogP contribution >= 0.6 is 11.8 Å². The molecule has 1 aromatic heterocycles. The zero-order chi connectivity index (χ0) is 15.4. The van der Waals surface area contributed by atoms with Gasteiger partial charge in [0.15, 0.2) is 5.16 Å². The molecule has 3 nitrogen and oxygen atoms in total. The molecule has 21 heavy (non-hydrogen) atoms. The molecule has 0 atom stereocenters. The van der Waals surface area contributed by atoms with Gasteiger partial charge < -0.3 is 5.73 Å². The first kappa shape index (κ1) is 15.9. The minimum atomic E-state index is -2.62. The van der Waals surface area contributed by atoms with Crippen molar-refractivity contribution in [3.8, 4) is 11.3 Å². The zero-order valence-electron chi connectivity index (χ0n) is 11.9. The van der Waals surface area contributed by atoms with Crippen molar-refractivity contribution in [2.45, 2.75) is 25.4 Å². The predicted octanol–water partition coefficient (Wildman–Crippen LogP) is 3.75. The van der Waals surface area contributed by atoms with Gasteiger partial charge >= 0.3 is 0 Å². The summed E-state index contributed by atoms with van der Waals surface area (Å²) in [4.78, 5) is 8.24. The van der Waals surface area contributed by atoms with Crippen molar-refractivity contribution in [3.63, 3.8) is 0 Å². The van der Waals surface area contributed by atoms with E-state index in [1.807, 2.05) is 32.0 Å². The minimum absolute atomic E-state index is 0.252. The number of aryl methyl sites for hydroxylation is 2. The van der Waals surface area contributed by atoms with Gasteiger partial charge in [-0.1, -0.05) is 23.9 Å². The van der Waals surface area contributed by atoms with Crippen LogP contribution in [0.5, 0.6) is 0 Å². The maximum atomic E-state index is 13.0. The quantitative estimate of drug-likeness (QED) is 0.675. The highest BCUT2D eigenvalue weighted by Gasteiger charge is 2.14. The van der Waals surface area contributed by atoms with E-state index in [2.05, 4.69) is 9.97 Å². The fourth-order valence-electron chi connectivity index (χ4n) is 1.82. The number of nitrogens with two attached hydrogens (primary N) is 1. The topological polar surface area (TPSA) is 51.8 Å². The Morgan fingerprint density at radius 3 is 2.52 bits per heavy atom. The zero-order valence-corrected chi connectivity index (χ0v) is 12.8. The summed E-state index contributed by atoms with van der Waals surface area (Å²) in [6.07, 6.45) is -2.62. The first-order valence-electron chi connectivity index (χ1n) is 6.59. The van der Waals surface area contributed by atoms with Crippen LogP contribution in [0.15, 0.2) is 29.4 Å². The molecule has 0 aliphatic heterocycles. The highest BCUT2D eigenvalue weighted by atomic mass is 32.2. The van der Waals surface area contributed by atoms with Gasteiger partial charge in [0.05, 0.1) is 5.69 Å². The molecule has 0 aliphatic carbocycles. The number of hydrogen-bond acceptors (Lipinski definition) is 4. The van der Waals surface area contributed by atoms with Crippen LogP contribution < -0.4 is 5.73 Å². The van der Waals surface area contributed by atoms with E-state index in [1.165, 1.54) is 17.8 Å². The van der Waals surface area contributed by atoms with Crippen molar-refractivity contribution in [2.24, 2.45) is 5.73 Å². The average molecular weight is 309 g/mol.